The third-order valence-electron chi connectivity index (χ3n) is 8.86. The zero-order chi connectivity index (χ0) is 26.2. The number of nitrogens with zero attached hydrogens (tertiary/aromatic N) is 4. The molecule has 1 aromatic carbocycles. The molecule has 0 radical (unpaired) electrons. The molecule has 2 amide bonds. The molecule has 0 unspecified atom stereocenters. The molecule has 0 aliphatic carbocycles. The average molecular weight is 517 g/mol. The van der Waals surface area contributed by atoms with Crippen LogP contribution in [0.3, 0.4) is 0 Å². The second-order valence-corrected chi connectivity index (χ2v) is 11.0. The summed E-state index contributed by atoms with van der Waals surface area (Å²) in [5.41, 5.74) is -0.393. The van der Waals surface area contributed by atoms with Crippen molar-refractivity contribution in [1.82, 2.24) is 14.7 Å². The number of anilines is 1. The largest absolute Gasteiger partial charge is 0.462 e. The Bertz CT molecular complexity index is 1010. The summed E-state index contributed by atoms with van der Waals surface area (Å²) in [6.45, 7) is 7.33. The van der Waals surface area contributed by atoms with Gasteiger partial charge in [0.25, 0.3) is 5.91 Å². The van der Waals surface area contributed by atoms with Gasteiger partial charge in [0.2, 0.25) is 5.91 Å². The number of likely N-dealkylation sites (tertiary alicyclic amines) is 1. The van der Waals surface area contributed by atoms with E-state index >= 15 is 0 Å². The van der Waals surface area contributed by atoms with Crippen molar-refractivity contribution < 1.29 is 28.2 Å². The van der Waals surface area contributed by atoms with Gasteiger partial charge in [0, 0.05) is 71.9 Å². The second-order valence-electron chi connectivity index (χ2n) is 11.0. The van der Waals surface area contributed by atoms with Gasteiger partial charge >= 0.3 is 5.97 Å². The van der Waals surface area contributed by atoms with Crippen LogP contribution < -0.4 is 4.90 Å². The monoisotopic (exact) mass is 516 g/mol. The first-order valence-electron chi connectivity index (χ1n) is 13.3. The minimum atomic E-state index is -0.921. The quantitative estimate of drug-likeness (QED) is 0.530. The number of halogens is 1. The Kier molecular flexibility index (Phi) is 7.15. The Morgan fingerprint density at radius 3 is 2.27 bits per heavy atom. The SMILES string of the molecule is CC(=O)N(C)C1(C(=O)N2CCC3(CC2)C[C@H](CCN2CCN(c4ccc(F)cc4)CC2)OC3=O)COC1. The highest BCUT2D eigenvalue weighted by Crippen LogP contribution is 2.44. The Hall–Kier alpha value is -2.72. The van der Waals surface area contributed by atoms with Gasteiger partial charge < -0.3 is 24.2 Å². The number of piperidine rings is 1. The lowest BCUT2D eigenvalue weighted by atomic mass is 9.75. The van der Waals surface area contributed by atoms with E-state index < -0.39 is 11.0 Å². The van der Waals surface area contributed by atoms with E-state index in [0.29, 0.717) is 32.4 Å². The molecule has 4 saturated heterocycles. The first kappa shape index (κ1) is 25.9. The fourth-order valence-electron chi connectivity index (χ4n) is 6.10. The molecule has 1 aromatic rings. The smallest absolute Gasteiger partial charge is 0.312 e. The minimum absolute atomic E-state index is 0.0889. The molecular formula is C27H37FN4O5. The molecule has 1 spiro atoms. The maximum absolute atomic E-state index is 13.3. The molecule has 0 aromatic heterocycles. The van der Waals surface area contributed by atoms with E-state index in [4.69, 9.17) is 9.47 Å². The summed E-state index contributed by atoms with van der Waals surface area (Å²) in [5.74, 6) is -0.604. The number of cyclic esters (lactones) is 1. The topological polar surface area (TPSA) is 82.6 Å². The summed E-state index contributed by atoms with van der Waals surface area (Å²) in [4.78, 5) is 46.1. The van der Waals surface area contributed by atoms with Gasteiger partial charge in [-0.2, -0.15) is 0 Å². The highest BCUT2D eigenvalue weighted by atomic mass is 19.1. The Labute approximate surface area is 217 Å². The molecule has 4 aliphatic heterocycles. The van der Waals surface area contributed by atoms with Crippen LogP contribution in [0.4, 0.5) is 10.1 Å². The van der Waals surface area contributed by atoms with Crippen LogP contribution in [0.5, 0.6) is 0 Å². The van der Waals surface area contributed by atoms with Gasteiger partial charge in [0.1, 0.15) is 11.9 Å². The van der Waals surface area contributed by atoms with Crippen LogP contribution in [0.15, 0.2) is 24.3 Å². The summed E-state index contributed by atoms with van der Waals surface area (Å²) in [5, 5.41) is 0. The van der Waals surface area contributed by atoms with E-state index in [2.05, 4.69) is 9.80 Å². The zero-order valence-electron chi connectivity index (χ0n) is 21.8. The van der Waals surface area contributed by atoms with Gasteiger partial charge in [-0.25, -0.2) is 4.39 Å². The van der Waals surface area contributed by atoms with Gasteiger partial charge in [0.05, 0.1) is 18.6 Å². The molecule has 10 heteroatoms. The number of esters is 1. The summed E-state index contributed by atoms with van der Waals surface area (Å²) in [7, 11) is 1.65. The summed E-state index contributed by atoms with van der Waals surface area (Å²) >= 11 is 0. The minimum Gasteiger partial charge on any atom is -0.462 e. The first-order chi connectivity index (χ1) is 17.7. The van der Waals surface area contributed by atoms with Crippen LogP contribution in [-0.2, 0) is 23.9 Å². The number of carbonyl (C=O) groups excluding carboxylic acids is 3. The Morgan fingerprint density at radius 2 is 1.70 bits per heavy atom. The summed E-state index contributed by atoms with van der Waals surface area (Å²) < 4.78 is 24.3. The normalized spacial score (nSPS) is 25.1. The Balaban J connectivity index is 1.09. The van der Waals surface area contributed by atoms with Crippen molar-refractivity contribution in [3.8, 4) is 0 Å². The van der Waals surface area contributed by atoms with Gasteiger partial charge in [-0.1, -0.05) is 0 Å². The van der Waals surface area contributed by atoms with Crippen molar-refractivity contribution in [2.24, 2.45) is 5.41 Å². The Morgan fingerprint density at radius 1 is 1.05 bits per heavy atom. The fraction of sp³-hybridized carbons (Fsp3) is 0.667. The van der Waals surface area contributed by atoms with E-state index in [0.717, 1.165) is 44.8 Å². The highest BCUT2D eigenvalue weighted by molar-refractivity contribution is 5.92. The lowest BCUT2D eigenvalue weighted by molar-refractivity contribution is -0.185. The molecule has 4 heterocycles. The van der Waals surface area contributed by atoms with Crippen LogP contribution in [0, 0.1) is 11.2 Å². The summed E-state index contributed by atoms with van der Waals surface area (Å²) in [6, 6.07) is 6.64. The van der Waals surface area contributed by atoms with E-state index in [-0.39, 0.29) is 42.9 Å². The van der Waals surface area contributed by atoms with Crippen molar-refractivity contribution in [3.05, 3.63) is 30.1 Å². The maximum atomic E-state index is 13.3. The van der Waals surface area contributed by atoms with Crippen molar-refractivity contribution >= 4 is 23.5 Å². The number of likely N-dealkylation sites (N-methyl/N-ethyl adjacent to an activating group) is 1. The molecule has 9 nitrogen and oxygen atoms in total. The second kappa shape index (κ2) is 10.2. The number of hydrogen-bond donors (Lipinski definition) is 0. The third kappa shape index (κ3) is 4.93. The van der Waals surface area contributed by atoms with Gasteiger partial charge in [0.15, 0.2) is 5.54 Å². The number of benzene rings is 1. The lowest BCUT2D eigenvalue weighted by Crippen LogP contribution is -2.71. The molecule has 5 rings (SSSR count). The van der Waals surface area contributed by atoms with Crippen molar-refractivity contribution in [2.45, 2.75) is 44.2 Å². The van der Waals surface area contributed by atoms with E-state index in [1.165, 1.54) is 24.0 Å². The molecule has 4 aliphatic rings. The predicted molar refractivity (Wildman–Crippen MR) is 134 cm³/mol. The van der Waals surface area contributed by atoms with Crippen LogP contribution in [-0.4, -0.2) is 110 Å². The predicted octanol–water partition coefficient (Wildman–Crippen LogP) is 1.51. The molecule has 4 fully saturated rings. The van der Waals surface area contributed by atoms with Gasteiger partial charge in [-0.3, -0.25) is 19.3 Å². The number of piperazine rings is 1. The average Bonchev–Trinajstić information content (AvgIpc) is 3.17. The van der Waals surface area contributed by atoms with E-state index in [1.54, 1.807) is 11.9 Å². The molecule has 1 atom stereocenters. The number of rotatable bonds is 6. The molecule has 202 valence electrons. The third-order valence-corrected chi connectivity index (χ3v) is 8.86. The van der Waals surface area contributed by atoms with E-state index in [1.807, 2.05) is 12.1 Å². The standard InChI is InChI=1S/C27H37FN4O5/c1-20(33)29(2)27(18-36-19-27)24(34)32-11-8-26(9-12-32)17-23(37-25(26)35)7-10-30-13-15-31(16-14-30)22-5-3-21(28)4-6-22/h3-6,23H,7-19H2,1-2H3/t23-/m0/s1. The molecule has 37 heavy (non-hydrogen) atoms. The lowest BCUT2D eigenvalue weighted by Gasteiger charge is -2.49. The number of carbonyl (C=O) groups is 3. The number of ether oxygens (including phenoxy) is 2. The van der Waals surface area contributed by atoms with Crippen LogP contribution in [0.2, 0.25) is 0 Å². The fourth-order valence-corrected chi connectivity index (χ4v) is 6.10. The van der Waals surface area contributed by atoms with Gasteiger partial charge in [-0.05, 0) is 43.5 Å². The zero-order valence-corrected chi connectivity index (χ0v) is 21.8. The van der Waals surface area contributed by atoms with E-state index in [9.17, 15) is 18.8 Å². The van der Waals surface area contributed by atoms with Crippen LogP contribution >= 0.6 is 0 Å². The number of hydrogen-bond acceptors (Lipinski definition) is 7. The van der Waals surface area contributed by atoms with Crippen molar-refractivity contribution in [3.63, 3.8) is 0 Å². The van der Waals surface area contributed by atoms with Crippen LogP contribution in [0.25, 0.3) is 0 Å². The first-order valence-corrected chi connectivity index (χ1v) is 13.3. The van der Waals surface area contributed by atoms with Gasteiger partial charge in [-0.15, -0.1) is 0 Å². The molecule has 0 N–H and O–H groups in total. The van der Waals surface area contributed by atoms with Crippen molar-refractivity contribution in [2.75, 3.05) is 71.0 Å². The van der Waals surface area contributed by atoms with Crippen molar-refractivity contribution in [1.29, 1.82) is 0 Å². The number of amides is 2. The maximum Gasteiger partial charge on any atom is 0.312 e. The van der Waals surface area contributed by atoms with Crippen LogP contribution in [0.1, 0.15) is 32.6 Å². The molecular weight excluding hydrogens is 479 g/mol. The molecule has 0 saturated carbocycles. The molecule has 0 bridgehead atoms. The summed E-state index contributed by atoms with van der Waals surface area (Å²) in [6.07, 6.45) is 2.58. The highest BCUT2D eigenvalue weighted by Gasteiger charge is 2.55.